The van der Waals surface area contributed by atoms with E-state index < -0.39 is 23.7 Å². The Morgan fingerprint density at radius 1 is 1.35 bits per heavy atom. The first-order valence-corrected chi connectivity index (χ1v) is 6.21. The smallest absolute Gasteiger partial charge is 0.387 e. The lowest BCUT2D eigenvalue weighted by atomic mass is 10.0. The number of hydrogen-bond acceptors (Lipinski definition) is 4. The lowest BCUT2D eigenvalue weighted by Crippen LogP contribution is -2.15. The zero-order chi connectivity index (χ0) is 15.3. The molecule has 0 aliphatic rings. The van der Waals surface area contributed by atoms with Crippen molar-refractivity contribution < 1.29 is 27.8 Å². The molecule has 0 aliphatic carbocycles. The van der Waals surface area contributed by atoms with Crippen LogP contribution in [0.15, 0.2) is 18.2 Å². The predicted molar refractivity (Wildman–Crippen MR) is 68.3 cm³/mol. The summed E-state index contributed by atoms with van der Waals surface area (Å²) in [7, 11) is 0. The average molecular weight is 307 g/mol. The van der Waals surface area contributed by atoms with Gasteiger partial charge in [0.05, 0.1) is 12.2 Å². The number of rotatable bonds is 6. The van der Waals surface area contributed by atoms with Crippen LogP contribution < -0.4 is 4.74 Å². The summed E-state index contributed by atoms with van der Waals surface area (Å²) in [6.45, 7) is -0.209. The number of benzene rings is 1. The summed E-state index contributed by atoms with van der Waals surface area (Å²) in [5, 5.41) is -1.27. The van der Waals surface area contributed by atoms with Gasteiger partial charge in [-0.25, -0.2) is 4.79 Å². The minimum atomic E-state index is -3.10. The Morgan fingerprint density at radius 3 is 2.50 bits per heavy atom. The zero-order valence-electron chi connectivity index (χ0n) is 10.9. The van der Waals surface area contributed by atoms with Gasteiger partial charge in [0.2, 0.25) is 0 Å². The standard InChI is InChI=1S/C13H13ClF2O4/c1-3-19-12(18)8-5-4-6-9(20-13(15)16)10(8)11(14)7(2)17/h4-6,11,13H,3H2,1-2H3. The summed E-state index contributed by atoms with van der Waals surface area (Å²) in [5.41, 5.74) is -0.180. The van der Waals surface area contributed by atoms with Crippen LogP contribution >= 0.6 is 11.6 Å². The van der Waals surface area contributed by atoms with Crippen LogP contribution in [0.5, 0.6) is 5.75 Å². The number of ketones is 1. The number of alkyl halides is 3. The van der Waals surface area contributed by atoms with Gasteiger partial charge in [-0.05, 0) is 26.0 Å². The van der Waals surface area contributed by atoms with Crippen LogP contribution in [0.25, 0.3) is 0 Å². The van der Waals surface area contributed by atoms with Crippen molar-refractivity contribution in [3.63, 3.8) is 0 Å². The van der Waals surface area contributed by atoms with Gasteiger partial charge in [-0.2, -0.15) is 8.78 Å². The Labute approximate surface area is 119 Å². The Bertz CT molecular complexity index is 505. The molecule has 1 unspecified atom stereocenters. The number of ether oxygens (including phenoxy) is 2. The van der Waals surface area contributed by atoms with Gasteiger partial charge in [-0.1, -0.05) is 6.07 Å². The molecule has 0 aliphatic heterocycles. The van der Waals surface area contributed by atoms with Crippen LogP contribution in [-0.4, -0.2) is 25.0 Å². The van der Waals surface area contributed by atoms with Gasteiger partial charge < -0.3 is 9.47 Å². The average Bonchev–Trinajstić information content (AvgIpc) is 2.37. The quantitative estimate of drug-likeness (QED) is 0.597. The number of carbonyl (C=O) groups is 2. The minimum absolute atomic E-state index is 0.0693. The third-order valence-electron chi connectivity index (χ3n) is 2.39. The molecular formula is C13H13ClF2O4. The fourth-order valence-corrected chi connectivity index (χ4v) is 1.82. The third kappa shape index (κ3) is 3.90. The highest BCUT2D eigenvalue weighted by Gasteiger charge is 2.27. The van der Waals surface area contributed by atoms with Crippen LogP contribution in [0.2, 0.25) is 0 Å². The fourth-order valence-electron chi connectivity index (χ4n) is 1.59. The first-order chi connectivity index (χ1) is 9.38. The van der Waals surface area contributed by atoms with E-state index in [-0.39, 0.29) is 23.5 Å². The van der Waals surface area contributed by atoms with Crippen molar-refractivity contribution in [3.8, 4) is 5.75 Å². The highest BCUT2D eigenvalue weighted by molar-refractivity contribution is 6.31. The van der Waals surface area contributed by atoms with Crippen LogP contribution in [0, 0.1) is 0 Å². The number of carbonyl (C=O) groups excluding carboxylic acids is 2. The minimum Gasteiger partial charge on any atom is -0.462 e. The fraction of sp³-hybridized carbons (Fsp3) is 0.385. The molecule has 0 radical (unpaired) electrons. The van der Waals surface area contributed by atoms with Gasteiger partial charge in [-0.15, -0.1) is 11.6 Å². The predicted octanol–water partition coefficient (Wildman–Crippen LogP) is 3.33. The molecule has 0 saturated carbocycles. The topological polar surface area (TPSA) is 52.6 Å². The maximum Gasteiger partial charge on any atom is 0.387 e. The molecule has 4 nitrogen and oxygen atoms in total. The van der Waals surface area contributed by atoms with Crippen molar-refractivity contribution in [2.75, 3.05) is 6.61 Å². The van der Waals surface area contributed by atoms with E-state index in [1.54, 1.807) is 6.92 Å². The van der Waals surface area contributed by atoms with Gasteiger partial charge in [0.25, 0.3) is 0 Å². The molecule has 0 spiro atoms. The molecule has 20 heavy (non-hydrogen) atoms. The molecule has 0 N–H and O–H groups in total. The summed E-state index contributed by atoms with van der Waals surface area (Å²) in [6.07, 6.45) is 0. The number of hydrogen-bond donors (Lipinski definition) is 0. The van der Waals surface area contributed by atoms with E-state index >= 15 is 0 Å². The first kappa shape index (κ1) is 16.4. The van der Waals surface area contributed by atoms with E-state index in [2.05, 4.69) is 4.74 Å². The van der Waals surface area contributed by atoms with Crippen molar-refractivity contribution >= 4 is 23.4 Å². The largest absolute Gasteiger partial charge is 0.462 e. The molecule has 1 atom stereocenters. The maximum atomic E-state index is 12.4. The SMILES string of the molecule is CCOC(=O)c1cccc(OC(F)F)c1C(Cl)C(C)=O. The molecule has 110 valence electrons. The Hall–Kier alpha value is -1.69. The molecule has 0 fully saturated rings. The van der Waals surface area contributed by atoms with Gasteiger partial charge in [0.15, 0.2) is 5.78 Å². The molecule has 0 heterocycles. The summed E-state index contributed by atoms with van der Waals surface area (Å²) < 4.78 is 33.9. The van der Waals surface area contributed by atoms with Crippen LogP contribution in [-0.2, 0) is 9.53 Å². The van der Waals surface area contributed by atoms with E-state index in [0.29, 0.717) is 0 Å². The molecular weight excluding hydrogens is 294 g/mol. The molecule has 0 saturated heterocycles. The van der Waals surface area contributed by atoms with Crippen LogP contribution in [0.3, 0.4) is 0 Å². The molecule has 1 rings (SSSR count). The second kappa shape index (κ2) is 7.19. The molecule has 0 bridgehead atoms. The molecule has 1 aromatic carbocycles. The number of halogens is 3. The van der Waals surface area contributed by atoms with Gasteiger partial charge >= 0.3 is 12.6 Å². The maximum absolute atomic E-state index is 12.4. The first-order valence-electron chi connectivity index (χ1n) is 5.77. The van der Waals surface area contributed by atoms with Crippen molar-refractivity contribution in [2.45, 2.75) is 25.8 Å². The van der Waals surface area contributed by atoms with Crippen LogP contribution in [0.1, 0.15) is 35.1 Å². The number of Topliss-reactive ketones (excluding diaryl/α,β-unsaturated/α-hetero) is 1. The van der Waals surface area contributed by atoms with Gasteiger partial charge in [-0.3, -0.25) is 4.79 Å². The highest BCUT2D eigenvalue weighted by atomic mass is 35.5. The Balaban J connectivity index is 3.35. The van der Waals surface area contributed by atoms with E-state index in [1.165, 1.54) is 25.1 Å². The summed E-state index contributed by atoms with van der Waals surface area (Å²) in [6, 6.07) is 3.89. The molecule has 0 amide bonds. The van der Waals surface area contributed by atoms with E-state index in [1.807, 2.05) is 0 Å². The van der Waals surface area contributed by atoms with Gasteiger partial charge in [0, 0.05) is 5.56 Å². The molecule has 1 aromatic rings. The summed E-state index contributed by atoms with van der Waals surface area (Å²) >= 11 is 5.90. The third-order valence-corrected chi connectivity index (χ3v) is 2.91. The molecule has 0 aromatic heterocycles. The second-order valence-corrected chi connectivity index (χ2v) is 4.23. The monoisotopic (exact) mass is 306 g/mol. The van der Waals surface area contributed by atoms with E-state index in [9.17, 15) is 18.4 Å². The normalized spacial score (nSPS) is 12.1. The van der Waals surface area contributed by atoms with Crippen molar-refractivity contribution in [1.29, 1.82) is 0 Å². The van der Waals surface area contributed by atoms with Crippen molar-refractivity contribution in [3.05, 3.63) is 29.3 Å². The van der Waals surface area contributed by atoms with E-state index in [4.69, 9.17) is 16.3 Å². The Morgan fingerprint density at radius 2 is 2.00 bits per heavy atom. The Kier molecular flexibility index (Phi) is 5.88. The number of esters is 1. The summed E-state index contributed by atoms with van der Waals surface area (Å²) in [5.74, 6) is -1.57. The zero-order valence-corrected chi connectivity index (χ0v) is 11.6. The highest BCUT2D eigenvalue weighted by Crippen LogP contribution is 2.34. The molecule has 7 heteroatoms. The van der Waals surface area contributed by atoms with Crippen molar-refractivity contribution in [1.82, 2.24) is 0 Å². The van der Waals surface area contributed by atoms with Gasteiger partial charge in [0.1, 0.15) is 11.1 Å². The summed E-state index contributed by atoms with van der Waals surface area (Å²) in [4.78, 5) is 23.2. The lowest BCUT2D eigenvalue weighted by Gasteiger charge is -2.16. The van der Waals surface area contributed by atoms with Crippen LogP contribution in [0.4, 0.5) is 8.78 Å². The van der Waals surface area contributed by atoms with Crippen molar-refractivity contribution in [2.24, 2.45) is 0 Å². The van der Waals surface area contributed by atoms with E-state index in [0.717, 1.165) is 0 Å². The lowest BCUT2D eigenvalue weighted by molar-refractivity contribution is -0.116. The second-order valence-electron chi connectivity index (χ2n) is 3.79.